The number of carbonyl (C=O) groups excluding carboxylic acids is 4. The molecule has 22 heavy (non-hydrogen) atoms. The summed E-state index contributed by atoms with van der Waals surface area (Å²) >= 11 is 0. The molecule has 2 aliphatic rings. The summed E-state index contributed by atoms with van der Waals surface area (Å²) in [7, 11) is 0. The molecule has 3 amide bonds. The molecule has 0 aromatic rings. The first kappa shape index (κ1) is 15.7. The van der Waals surface area contributed by atoms with Gasteiger partial charge in [0.1, 0.15) is 12.3 Å². The van der Waals surface area contributed by atoms with Gasteiger partial charge in [0.15, 0.2) is 0 Å². The summed E-state index contributed by atoms with van der Waals surface area (Å²) in [5.41, 5.74) is 0.883. The number of hydrogen-bond donors (Lipinski definition) is 2. The van der Waals surface area contributed by atoms with Crippen molar-refractivity contribution in [1.82, 2.24) is 15.5 Å². The summed E-state index contributed by atoms with van der Waals surface area (Å²) in [6, 6.07) is -0.644. The van der Waals surface area contributed by atoms with Gasteiger partial charge in [-0.3, -0.25) is 19.7 Å². The molecule has 2 heterocycles. The van der Waals surface area contributed by atoms with E-state index in [1.54, 1.807) is 12.2 Å². The lowest BCUT2D eigenvalue weighted by atomic mass is 10.0. The van der Waals surface area contributed by atoms with Crippen molar-refractivity contribution in [2.45, 2.75) is 18.9 Å². The van der Waals surface area contributed by atoms with E-state index >= 15 is 0 Å². The Labute approximate surface area is 127 Å². The second-order valence-electron chi connectivity index (χ2n) is 4.91. The van der Waals surface area contributed by atoms with Crippen molar-refractivity contribution in [3.05, 3.63) is 36.1 Å². The number of carbonyl (C=O) groups is 4. The SMILES string of the molecule is C=C/C=C(/NCC=O)C1=CCN(C2CCC(=O)NC2=O)C1=O. The Morgan fingerprint density at radius 1 is 1.45 bits per heavy atom. The fourth-order valence-corrected chi connectivity index (χ4v) is 2.50. The van der Waals surface area contributed by atoms with Gasteiger partial charge in [0.25, 0.3) is 5.91 Å². The molecular weight excluding hydrogens is 286 g/mol. The zero-order valence-corrected chi connectivity index (χ0v) is 12.0. The van der Waals surface area contributed by atoms with Gasteiger partial charge in [-0.2, -0.15) is 0 Å². The van der Waals surface area contributed by atoms with E-state index in [-0.39, 0.29) is 31.3 Å². The highest BCUT2D eigenvalue weighted by Gasteiger charge is 2.38. The lowest BCUT2D eigenvalue weighted by Crippen LogP contribution is -2.53. The van der Waals surface area contributed by atoms with Gasteiger partial charge in [-0.05, 0) is 12.5 Å². The van der Waals surface area contributed by atoms with Crippen molar-refractivity contribution >= 4 is 24.0 Å². The minimum absolute atomic E-state index is 0.0721. The molecule has 116 valence electrons. The van der Waals surface area contributed by atoms with Gasteiger partial charge in [0.05, 0.1) is 12.1 Å². The van der Waals surface area contributed by atoms with Crippen LogP contribution in [0.5, 0.6) is 0 Å². The van der Waals surface area contributed by atoms with E-state index in [0.29, 0.717) is 24.0 Å². The summed E-state index contributed by atoms with van der Waals surface area (Å²) in [6.07, 6.45) is 6.03. The van der Waals surface area contributed by atoms with Gasteiger partial charge in [0, 0.05) is 18.7 Å². The molecule has 0 aromatic heterocycles. The first-order chi connectivity index (χ1) is 10.6. The van der Waals surface area contributed by atoms with E-state index < -0.39 is 11.9 Å². The number of rotatable bonds is 6. The Hall–Kier alpha value is -2.70. The molecule has 0 radical (unpaired) electrons. The zero-order valence-electron chi connectivity index (χ0n) is 12.0. The average molecular weight is 303 g/mol. The van der Waals surface area contributed by atoms with E-state index in [2.05, 4.69) is 17.2 Å². The van der Waals surface area contributed by atoms with Crippen LogP contribution in [0.2, 0.25) is 0 Å². The maximum absolute atomic E-state index is 12.5. The van der Waals surface area contributed by atoms with Crippen molar-refractivity contribution in [3.63, 3.8) is 0 Å². The van der Waals surface area contributed by atoms with Crippen molar-refractivity contribution in [2.24, 2.45) is 0 Å². The molecule has 0 aromatic carbocycles. The quantitative estimate of drug-likeness (QED) is 0.389. The first-order valence-electron chi connectivity index (χ1n) is 6.94. The van der Waals surface area contributed by atoms with Crippen LogP contribution in [0.1, 0.15) is 12.8 Å². The standard InChI is InChI=1S/C15H17N3O4/c1-2-3-11(16-7-9-19)10-6-8-18(15(10)22)12-4-5-13(20)17-14(12)21/h2-3,6,9,12,16H,1,4-5,7-8H2,(H,17,20,21)/b11-3+. The lowest BCUT2D eigenvalue weighted by molar-refractivity contribution is -0.142. The van der Waals surface area contributed by atoms with Gasteiger partial charge in [-0.1, -0.05) is 18.7 Å². The molecule has 1 unspecified atom stereocenters. The molecule has 0 bridgehead atoms. The van der Waals surface area contributed by atoms with Crippen molar-refractivity contribution < 1.29 is 19.2 Å². The Balaban J connectivity index is 2.12. The summed E-state index contributed by atoms with van der Waals surface area (Å²) < 4.78 is 0. The average Bonchev–Trinajstić information content (AvgIpc) is 2.85. The van der Waals surface area contributed by atoms with Gasteiger partial charge in [0.2, 0.25) is 11.8 Å². The van der Waals surface area contributed by atoms with Crippen LogP contribution >= 0.6 is 0 Å². The number of nitrogens with one attached hydrogen (secondary N) is 2. The third kappa shape index (κ3) is 3.13. The number of allylic oxidation sites excluding steroid dienone is 2. The zero-order chi connectivity index (χ0) is 16.1. The summed E-state index contributed by atoms with van der Waals surface area (Å²) in [4.78, 5) is 47.5. The van der Waals surface area contributed by atoms with Crippen LogP contribution in [0, 0.1) is 0 Å². The van der Waals surface area contributed by atoms with Crippen LogP contribution in [0.4, 0.5) is 0 Å². The van der Waals surface area contributed by atoms with Crippen LogP contribution in [-0.4, -0.2) is 48.0 Å². The molecule has 2 N–H and O–H groups in total. The predicted octanol–water partition coefficient (Wildman–Crippen LogP) is -0.581. The van der Waals surface area contributed by atoms with Crippen LogP contribution in [0.25, 0.3) is 0 Å². The fourth-order valence-electron chi connectivity index (χ4n) is 2.50. The monoisotopic (exact) mass is 303 g/mol. The van der Waals surface area contributed by atoms with Gasteiger partial charge in [-0.25, -0.2) is 0 Å². The second kappa shape index (κ2) is 6.84. The van der Waals surface area contributed by atoms with E-state index in [1.165, 1.54) is 11.0 Å². The molecule has 1 saturated heterocycles. The van der Waals surface area contributed by atoms with E-state index in [4.69, 9.17) is 0 Å². The van der Waals surface area contributed by atoms with Gasteiger partial charge in [-0.15, -0.1) is 0 Å². The second-order valence-corrected chi connectivity index (χ2v) is 4.91. The van der Waals surface area contributed by atoms with Crippen molar-refractivity contribution in [1.29, 1.82) is 0 Å². The number of imide groups is 1. The molecule has 7 heteroatoms. The van der Waals surface area contributed by atoms with E-state index in [9.17, 15) is 19.2 Å². The molecule has 0 spiro atoms. The summed E-state index contributed by atoms with van der Waals surface area (Å²) in [6.45, 7) is 3.94. The molecule has 1 fully saturated rings. The maximum Gasteiger partial charge on any atom is 0.256 e. The lowest BCUT2D eigenvalue weighted by Gasteiger charge is -2.29. The smallest absolute Gasteiger partial charge is 0.256 e. The Morgan fingerprint density at radius 3 is 2.86 bits per heavy atom. The van der Waals surface area contributed by atoms with Crippen LogP contribution in [0.15, 0.2) is 36.1 Å². The minimum Gasteiger partial charge on any atom is -0.378 e. The van der Waals surface area contributed by atoms with Crippen LogP contribution in [-0.2, 0) is 19.2 Å². The molecule has 2 aliphatic heterocycles. The number of piperidine rings is 1. The number of aldehydes is 1. The predicted molar refractivity (Wildman–Crippen MR) is 78.3 cm³/mol. The Morgan fingerprint density at radius 2 is 2.23 bits per heavy atom. The summed E-state index contributed by atoms with van der Waals surface area (Å²) in [5, 5.41) is 5.08. The Bertz CT molecular complexity index is 592. The number of amides is 3. The summed E-state index contributed by atoms with van der Waals surface area (Å²) in [5.74, 6) is -1.07. The maximum atomic E-state index is 12.5. The molecule has 0 aliphatic carbocycles. The van der Waals surface area contributed by atoms with Crippen LogP contribution in [0.3, 0.4) is 0 Å². The first-order valence-corrected chi connectivity index (χ1v) is 6.94. The highest BCUT2D eigenvalue weighted by molar-refractivity contribution is 6.06. The number of nitrogens with zero attached hydrogens (tertiary/aromatic N) is 1. The highest BCUT2D eigenvalue weighted by atomic mass is 16.2. The van der Waals surface area contributed by atoms with E-state index in [1.807, 2.05) is 0 Å². The third-order valence-electron chi connectivity index (χ3n) is 3.52. The van der Waals surface area contributed by atoms with Crippen molar-refractivity contribution in [2.75, 3.05) is 13.1 Å². The topological polar surface area (TPSA) is 95.6 Å². The molecule has 1 atom stereocenters. The normalized spacial score (nSPS) is 22.3. The molecule has 2 rings (SSSR count). The molecule has 7 nitrogen and oxygen atoms in total. The van der Waals surface area contributed by atoms with Crippen molar-refractivity contribution in [3.8, 4) is 0 Å². The van der Waals surface area contributed by atoms with Crippen LogP contribution < -0.4 is 10.6 Å². The number of hydrogen-bond acceptors (Lipinski definition) is 5. The largest absolute Gasteiger partial charge is 0.378 e. The highest BCUT2D eigenvalue weighted by Crippen LogP contribution is 2.23. The Kier molecular flexibility index (Phi) is 4.88. The molecular formula is C15H17N3O4. The third-order valence-corrected chi connectivity index (χ3v) is 3.52. The molecule has 0 saturated carbocycles. The van der Waals surface area contributed by atoms with Gasteiger partial charge >= 0.3 is 0 Å². The fraction of sp³-hybridized carbons (Fsp3) is 0.333. The minimum atomic E-state index is -0.644. The van der Waals surface area contributed by atoms with Gasteiger partial charge < -0.3 is 15.0 Å². The van der Waals surface area contributed by atoms with E-state index in [0.717, 1.165) is 0 Å².